The van der Waals surface area contributed by atoms with E-state index in [1.165, 1.54) is 4.57 Å². The van der Waals surface area contributed by atoms with E-state index in [2.05, 4.69) is 15.5 Å². The molecule has 0 aliphatic rings. The molecule has 0 radical (unpaired) electrons. The predicted octanol–water partition coefficient (Wildman–Crippen LogP) is 2.52. The van der Waals surface area contributed by atoms with Crippen molar-refractivity contribution in [1.29, 1.82) is 0 Å². The zero-order valence-corrected chi connectivity index (χ0v) is 14.5. The van der Waals surface area contributed by atoms with Gasteiger partial charge in [0.2, 0.25) is 5.89 Å². The maximum atomic E-state index is 12.2. The van der Waals surface area contributed by atoms with Crippen LogP contribution < -0.4 is 11.1 Å². The van der Waals surface area contributed by atoms with Crippen molar-refractivity contribution in [2.24, 2.45) is 0 Å². The lowest BCUT2D eigenvalue weighted by Crippen LogP contribution is -2.26. The third-order valence-corrected chi connectivity index (χ3v) is 4.11. The molecule has 8 nitrogen and oxygen atoms in total. The average molecular weight is 364 g/mol. The van der Waals surface area contributed by atoms with Crippen LogP contribution in [0.2, 0.25) is 0 Å². The molecule has 4 rings (SSSR count). The molecule has 0 bridgehead atoms. The molecular weight excluding hydrogens is 348 g/mol. The molecule has 136 valence electrons. The second-order valence-corrected chi connectivity index (χ2v) is 6.03. The van der Waals surface area contributed by atoms with Crippen molar-refractivity contribution in [3.8, 4) is 0 Å². The molecular formula is C19H16N4O4. The van der Waals surface area contributed by atoms with Crippen LogP contribution in [-0.2, 0) is 6.54 Å². The van der Waals surface area contributed by atoms with Crippen molar-refractivity contribution in [3.05, 3.63) is 82.4 Å². The van der Waals surface area contributed by atoms with Crippen LogP contribution in [0.25, 0.3) is 11.1 Å². The Bertz CT molecular complexity index is 1140. The Morgan fingerprint density at radius 2 is 1.89 bits per heavy atom. The number of oxazole rings is 1. The van der Waals surface area contributed by atoms with Crippen LogP contribution >= 0.6 is 0 Å². The molecule has 2 aromatic heterocycles. The average Bonchev–Trinajstić information content (AvgIpc) is 3.28. The molecule has 0 saturated carbocycles. The molecule has 4 aromatic rings. The molecule has 0 saturated heterocycles. The van der Waals surface area contributed by atoms with Gasteiger partial charge in [0.05, 0.1) is 12.1 Å². The molecule has 1 amide bonds. The van der Waals surface area contributed by atoms with Gasteiger partial charge in [-0.1, -0.05) is 35.5 Å². The fourth-order valence-corrected chi connectivity index (χ4v) is 2.74. The van der Waals surface area contributed by atoms with E-state index in [1.807, 2.05) is 12.1 Å². The molecule has 27 heavy (non-hydrogen) atoms. The van der Waals surface area contributed by atoms with E-state index in [0.29, 0.717) is 22.5 Å². The SMILES string of the molecule is CC(NC(=O)c1ccccc1)c1nc(Cn2c(=O)oc3ccccc32)no1. The number of aromatic nitrogens is 3. The maximum absolute atomic E-state index is 12.2. The zero-order valence-electron chi connectivity index (χ0n) is 14.5. The minimum Gasteiger partial charge on any atom is -0.408 e. The molecule has 8 heteroatoms. The summed E-state index contributed by atoms with van der Waals surface area (Å²) in [6, 6.07) is 15.5. The van der Waals surface area contributed by atoms with Crippen molar-refractivity contribution in [3.63, 3.8) is 0 Å². The lowest BCUT2D eigenvalue weighted by atomic mass is 10.2. The first-order valence-corrected chi connectivity index (χ1v) is 8.38. The molecule has 0 aliphatic heterocycles. The third-order valence-electron chi connectivity index (χ3n) is 4.11. The normalized spacial score (nSPS) is 12.2. The third kappa shape index (κ3) is 3.37. The van der Waals surface area contributed by atoms with Gasteiger partial charge < -0.3 is 14.3 Å². The first kappa shape index (κ1) is 16.8. The van der Waals surface area contributed by atoms with Crippen molar-refractivity contribution in [2.75, 3.05) is 0 Å². The minimum atomic E-state index is -0.493. The Morgan fingerprint density at radius 3 is 2.70 bits per heavy atom. The van der Waals surface area contributed by atoms with Gasteiger partial charge in [-0.25, -0.2) is 4.79 Å². The summed E-state index contributed by atoms with van der Waals surface area (Å²) in [4.78, 5) is 28.5. The van der Waals surface area contributed by atoms with Crippen LogP contribution in [0.15, 0.2) is 68.3 Å². The number of rotatable bonds is 5. The van der Waals surface area contributed by atoms with E-state index in [1.54, 1.807) is 49.4 Å². The van der Waals surface area contributed by atoms with Gasteiger partial charge >= 0.3 is 5.76 Å². The number of benzene rings is 2. The number of hydrogen-bond acceptors (Lipinski definition) is 6. The van der Waals surface area contributed by atoms with Gasteiger partial charge in [0.25, 0.3) is 5.91 Å². The second-order valence-electron chi connectivity index (χ2n) is 6.03. The first-order valence-electron chi connectivity index (χ1n) is 8.38. The number of nitrogens with one attached hydrogen (secondary N) is 1. The van der Waals surface area contributed by atoms with Gasteiger partial charge in [-0.2, -0.15) is 4.98 Å². The summed E-state index contributed by atoms with van der Waals surface area (Å²) in [7, 11) is 0. The molecule has 2 aromatic carbocycles. The molecule has 1 atom stereocenters. The summed E-state index contributed by atoms with van der Waals surface area (Å²) in [5.41, 5.74) is 1.69. The number of fused-ring (bicyclic) bond motifs is 1. The van der Waals surface area contributed by atoms with Gasteiger partial charge in [0.15, 0.2) is 11.4 Å². The highest BCUT2D eigenvalue weighted by molar-refractivity contribution is 5.94. The van der Waals surface area contributed by atoms with E-state index < -0.39 is 11.8 Å². The number of hydrogen-bond donors (Lipinski definition) is 1. The van der Waals surface area contributed by atoms with Crippen LogP contribution in [0.4, 0.5) is 0 Å². The molecule has 0 aliphatic carbocycles. The number of para-hydroxylation sites is 2. The van der Waals surface area contributed by atoms with Crippen LogP contribution in [-0.4, -0.2) is 20.6 Å². The standard InChI is InChI=1S/C19H16N4O4/c1-12(20-17(24)13-7-3-2-4-8-13)18-21-16(22-27-18)11-23-14-9-5-6-10-15(14)26-19(23)25/h2-10,12H,11H2,1H3,(H,20,24). The Morgan fingerprint density at radius 1 is 1.15 bits per heavy atom. The van der Waals surface area contributed by atoms with Crippen molar-refractivity contribution in [2.45, 2.75) is 19.5 Å². The minimum absolute atomic E-state index is 0.110. The number of nitrogens with zero attached hydrogens (tertiary/aromatic N) is 3. The number of amides is 1. The number of carbonyl (C=O) groups is 1. The predicted molar refractivity (Wildman–Crippen MR) is 96.2 cm³/mol. The zero-order chi connectivity index (χ0) is 18.8. The monoisotopic (exact) mass is 364 g/mol. The highest BCUT2D eigenvalue weighted by Crippen LogP contribution is 2.15. The summed E-state index contributed by atoms with van der Waals surface area (Å²) < 4.78 is 11.9. The smallest absolute Gasteiger partial charge is 0.408 e. The molecule has 2 heterocycles. The summed E-state index contributed by atoms with van der Waals surface area (Å²) in [5, 5.41) is 6.70. The second kappa shape index (κ2) is 6.91. The largest absolute Gasteiger partial charge is 0.420 e. The topological polar surface area (TPSA) is 103 Å². The van der Waals surface area contributed by atoms with Crippen LogP contribution in [0.3, 0.4) is 0 Å². The molecule has 1 N–H and O–H groups in total. The lowest BCUT2D eigenvalue weighted by molar-refractivity contribution is 0.0932. The summed E-state index contributed by atoms with van der Waals surface area (Å²) >= 11 is 0. The van der Waals surface area contributed by atoms with Crippen LogP contribution in [0.5, 0.6) is 0 Å². The van der Waals surface area contributed by atoms with Gasteiger partial charge in [-0.15, -0.1) is 0 Å². The molecule has 0 spiro atoms. The Kier molecular flexibility index (Phi) is 4.29. The first-order chi connectivity index (χ1) is 13.1. The van der Waals surface area contributed by atoms with E-state index >= 15 is 0 Å². The quantitative estimate of drug-likeness (QED) is 0.584. The fourth-order valence-electron chi connectivity index (χ4n) is 2.74. The van der Waals surface area contributed by atoms with Crippen LogP contribution in [0, 0.1) is 0 Å². The van der Waals surface area contributed by atoms with Gasteiger partial charge in [0, 0.05) is 5.56 Å². The Labute approximate surface area is 153 Å². The van der Waals surface area contributed by atoms with Crippen molar-refractivity contribution >= 4 is 17.0 Å². The summed E-state index contributed by atoms with van der Waals surface area (Å²) in [6.45, 7) is 1.86. The van der Waals surface area contributed by atoms with Gasteiger partial charge in [-0.05, 0) is 31.2 Å². The fraction of sp³-hybridized carbons (Fsp3) is 0.158. The highest BCUT2D eigenvalue weighted by atomic mass is 16.5. The number of carbonyl (C=O) groups excluding carboxylic acids is 1. The molecule has 0 fully saturated rings. The van der Waals surface area contributed by atoms with E-state index in [4.69, 9.17) is 8.94 Å². The molecule has 1 unspecified atom stereocenters. The summed E-state index contributed by atoms with van der Waals surface area (Å²) in [6.07, 6.45) is 0. The van der Waals surface area contributed by atoms with Crippen molar-refractivity contribution in [1.82, 2.24) is 20.0 Å². The summed E-state index contributed by atoms with van der Waals surface area (Å²) in [5.74, 6) is -0.150. The van der Waals surface area contributed by atoms with Gasteiger partial charge in [0.1, 0.15) is 6.04 Å². The highest BCUT2D eigenvalue weighted by Gasteiger charge is 2.19. The van der Waals surface area contributed by atoms with E-state index in [-0.39, 0.29) is 18.3 Å². The Hall–Kier alpha value is -3.68. The van der Waals surface area contributed by atoms with E-state index in [0.717, 1.165) is 0 Å². The van der Waals surface area contributed by atoms with Gasteiger partial charge in [-0.3, -0.25) is 9.36 Å². The van der Waals surface area contributed by atoms with E-state index in [9.17, 15) is 9.59 Å². The van der Waals surface area contributed by atoms with Crippen LogP contribution in [0.1, 0.15) is 35.0 Å². The lowest BCUT2D eigenvalue weighted by Gasteiger charge is -2.09. The maximum Gasteiger partial charge on any atom is 0.420 e. The van der Waals surface area contributed by atoms with Crippen molar-refractivity contribution < 1.29 is 13.7 Å². The Balaban J connectivity index is 1.50.